The van der Waals surface area contributed by atoms with Gasteiger partial charge in [0.15, 0.2) is 0 Å². The monoisotopic (exact) mass is 390 g/mol. The zero-order chi connectivity index (χ0) is 14.7. The van der Waals surface area contributed by atoms with Crippen LogP contribution in [-0.4, -0.2) is 11.1 Å². The molecule has 0 aliphatic heterocycles. The molecule has 2 nitrogen and oxygen atoms in total. The van der Waals surface area contributed by atoms with Crippen LogP contribution >= 0.6 is 0 Å². The second-order valence-electron chi connectivity index (χ2n) is 7.92. The van der Waals surface area contributed by atoms with Crippen molar-refractivity contribution in [2.24, 2.45) is 29.6 Å². The predicted molar refractivity (Wildman–Crippen MR) is 85.1 cm³/mol. The Kier molecular flexibility index (Phi) is 7.45. The quantitative estimate of drug-likeness (QED) is 0.670. The van der Waals surface area contributed by atoms with Gasteiger partial charge in [0.1, 0.15) is 0 Å². The third-order valence-electron chi connectivity index (χ3n) is 6.79. The van der Waals surface area contributed by atoms with E-state index in [0.717, 1.165) is 0 Å². The van der Waals surface area contributed by atoms with Gasteiger partial charge in [0.2, 0.25) is 0 Å². The topological polar surface area (TPSA) is 37.3 Å². The standard InChI is InChI=1S/C19H32O2.Mo/c20-19(21)18-16(14-8-3-1-4-9-14)12-7-13-17(18)15-10-5-2-6-11-15;/h14-18H,1-13H2,(H,20,21);. The zero-order valence-electron chi connectivity index (χ0n) is 13.8. The molecule has 1 N–H and O–H groups in total. The van der Waals surface area contributed by atoms with Crippen molar-refractivity contribution in [2.45, 2.75) is 83.5 Å². The number of rotatable bonds is 3. The Balaban J connectivity index is 0.00000176. The van der Waals surface area contributed by atoms with Crippen molar-refractivity contribution in [3.63, 3.8) is 0 Å². The second kappa shape index (κ2) is 8.86. The molecular weight excluding hydrogens is 356 g/mol. The molecule has 3 aliphatic carbocycles. The average molecular weight is 388 g/mol. The SMILES string of the molecule is O=C(O)C1C(C2CCCCC2)CCCC1C1CCCCC1.[Mo]. The van der Waals surface area contributed by atoms with Gasteiger partial charge in [-0.15, -0.1) is 0 Å². The maximum Gasteiger partial charge on any atom is 0.307 e. The van der Waals surface area contributed by atoms with Gasteiger partial charge in [0.25, 0.3) is 0 Å². The van der Waals surface area contributed by atoms with Crippen LogP contribution in [0.2, 0.25) is 0 Å². The van der Waals surface area contributed by atoms with Gasteiger partial charge in [-0.25, -0.2) is 0 Å². The fourth-order valence-electron chi connectivity index (χ4n) is 5.81. The number of hydrogen-bond acceptors (Lipinski definition) is 1. The van der Waals surface area contributed by atoms with Crippen LogP contribution in [0.4, 0.5) is 0 Å². The summed E-state index contributed by atoms with van der Waals surface area (Å²) in [5, 5.41) is 9.94. The van der Waals surface area contributed by atoms with Crippen molar-refractivity contribution in [3.8, 4) is 0 Å². The van der Waals surface area contributed by atoms with Gasteiger partial charge in [-0.3, -0.25) is 4.79 Å². The van der Waals surface area contributed by atoms with Crippen molar-refractivity contribution in [3.05, 3.63) is 0 Å². The zero-order valence-corrected chi connectivity index (χ0v) is 15.8. The predicted octanol–water partition coefficient (Wildman–Crippen LogP) is 5.26. The van der Waals surface area contributed by atoms with Crippen molar-refractivity contribution in [1.29, 1.82) is 0 Å². The van der Waals surface area contributed by atoms with E-state index in [1.54, 1.807) is 0 Å². The molecule has 3 rings (SSSR count). The van der Waals surface area contributed by atoms with Gasteiger partial charge in [-0.2, -0.15) is 0 Å². The molecule has 0 aromatic heterocycles. The minimum Gasteiger partial charge on any atom is -0.481 e. The molecule has 0 bridgehead atoms. The summed E-state index contributed by atoms with van der Waals surface area (Å²) >= 11 is 0. The molecule has 0 amide bonds. The molecule has 3 aliphatic rings. The Morgan fingerprint density at radius 3 is 1.41 bits per heavy atom. The molecule has 22 heavy (non-hydrogen) atoms. The first kappa shape index (κ1) is 18.5. The van der Waals surface area contributed by atoms with Gasteiger partial charge in [0, 0.05) is 21.1 Å². The van der Waals surface area contributed by atoms with Crippen molar-refractivity contribution in [1.82, 2.24) is 0 Å². The number of aliphatic carboxylic acids is 1. The van der Waals surface area contributed by atoms with Crippen LogP contribution < -0.4 is 0 Å². The first-order valence-corrected chi connectivity index (χ1v) is 9.50. The maximum atomic E-state index is 12.1. The van der Waals surface area contributed by atoms with Crippen LogP contribution in [0.1, 0.15) is 83.5 Å². The maximum absolute atomic E-state index is 12.1. The summed E-state index contributed by atoms with van der Waals surface area (Å²) in [5.74, 6) is 1.91. The molecule has 0 heterocycles. The van der Waals surface area contributed by atoms with E-state index in [9.17, 15) is 9.90 Å². The van der Waals surface area contributed by atoms with Crippen LogP contribution in [-0.2, 0) is 25.9 Å². The van der Waals surface area contributed by atoms with E-state index in [1.807, 2.05) is 0 Å². The summed E-state index contributed by atoms with van der Waals surface area (Å²) in [6.45, 7) is 0. The van der Waals surface area contributed by atoms with Crippen molar-refractivity contribution in [2.75, 3.05) is 0 Å². The molecule has 0 spiro atoms. The third kappa shape index (κ3) is 4.16. The van der Waals surface area contributed by atoms with E-state index in [0.29, 0.717) is 23.7 Å². The van der Waals surface area contributed by atoms with Gasteiger partial charge in [-0.05, 0) is 36.5 Å². The summed E-state index contributed by atoms with van der Waals surface area (Å²) in [7, 11) is 0. The van der Waals surface area contributed by atoms with Gasteiger partial charge in [-0.1, -0.05) is 70.6 Å². The van der Waals surface area contributed by atoms with Crippen molar-refractivity contribution < 1.29 is 31.0 Å². The van der Waals surface area contributed by atoms with Crippen LogP contribution in [0.15, 0.2) is 0 Å². The Labute approximate surface area is 150 Å². The molecule has 0 aromatic rings. The largest absolute Gasteiger partial charge is 0.481 e. The van der Waals surface area contributed by atoms with E-state index < -0.39 is 5.97 Å². The molecule has 2 atom stereocenters. The fraction of sp³-hybridized carbons (Fsp3) is 0.947. The molecule has 126 valence electrons. The Morgan fingerprint density at radius 2 is 1.05 bits per heavy atom. The molecule has 0 radical (unpaired) electrons. The van der Waals surface area contributed by atoms with E-state index in [2.05, 4.69) is 0 Å². The normalized spacial score (nSPS) is 34.8. The molecule has 3 saturated carbocycles. The smallest absolute Gasteiger partial charge is 0.307 e. The number of carboxylic acids is 1. The first-order chi connectivity index (χ1) is 10.3. The minimum atomic E-state index is -0.471. The van der Waals surface area contributed by atoms with E-state index in [4.69, 9.17) is 0 Å². The van der Waals surface area contributed by atoms with E-state index in [-0.39, 0.29) is 27.0 Å². The van der Waals surface area contributed by atoms with Gasteiger partial charge in [0.05, 0.1) is 5.92 Å². The third-order valence-corrected chi connectivity index (χ3v) is 6.79. The molecule has 3 heteroatoms. The summed E-state index contributed by atoms with van der Waals surface area (Å²) in [4.78, 5) is 12.1. The molecule has 2 unspecified atom stereocenters. The van der Waals surface area contributed by atoms with Gasteiger partial charge >= 0.3 is 5.97 Å². The second-order valence-corrected chi connectivity index (χ2v) is 7.92. The number of carboxylic acid groups (broad SMARTS) is 1. The van der Waals surface area contributed by atoms with E-state index in [1.165, 1.54) is 83.5 Å². The summed E-state index contributed by atoms with van der Waals surface area (Å²) < 4.78 is 0. The average Bonchev–Trinajstić information content (AvgIpc) is 2.55. The molecule has 0 saturated heterocycles. The Hall–Kier alpha value is 0.158. The van der Waals surface area contributed by atoms with Crippen LogP contribution in [0.25, 0.3) is 0 Å². The minimum absolute atomic E-state index is 0. The van der Waals surface area contributed by atoms with Crippen LogP contribution in [0.5, 0.6) is 0 Å². The van der Waals surface area contributed by atoms with Gasteiger partial charge < -0.3 is 5.11 Å². The first-order valence-electron chi connectivity index (χ1n) is 9.50. The molecular formula is C19H32MoO2. The summed E-state index contributed by atoms with van der Waals surface area (Å²) in [6, 6.07) is 0. The number of carbonyl (C=O) groups is 1. The summed E-state index contributed by atoms with van der Waals surface area (Å²) in [6.07, 6.45) is 16.9. The van der Waals surface area contributed by atoms with E-state index >= 15 is 0 Å². The summed E-state index contributed by atoms with van der Waals surface area (Å²) in [5.41, 5.74) is 0. The fourth-order valence-corrected chi connectivity index (χ4v) is 5.81. The van der Waals surface area contributed by atoms with Crippen LogP contribution in [0.3, 0.4) is 0 Å². The molecule has 0 aromatic carbocycles. The van der Waals surface area contributed by atoms with Crippen molar-refractivity contribution >= 4 is 5.97 Å². The number of hydrogen-bond donors (Lipinski definition) is 1. The Bertz CT molecular complexity index is 319. The van der Waals surface area contributed by atoms with Crippen LogP contribution in [0, 0.1) is 29.6 Å². The Morgan fingerprint density at radius 1 is 0.636 bits per heavy atom. The molecule has 3 fully saturated rings.